The van der Waals surface area contributed by atoms with Crippen LogP contribution >= 0.6 is 0 Å². The maximum atomic E-state index is 12.3. The summed E-state index contributed by atoms with van der Waals surface area (Å²) in [7, 11) is 0. The van der Waals surface area contributed by atoms with Crippen molar-refractivity contribution in [2.45, 2.75) is 37.5 Å². The van der Waals surface area contributed by atoms with Gasteiger partial charge in [0.05, 0.1) is 24.7 Å². The van der Waals surface area contributed by atoms with Gasteiger partial charge in [0.15, 0.2) is 0 Å². The van der Waals surface area contributed by atoms with E-state index in [-0.39, 0.29) is 35.6 Å². The molecule has 2 aliphatic heterocycles. The average Bonchev–Trinajstić information content (AvgIpc) is 2.77. The maximum absolute atomic E-state index is 12.3. The van der Waals surface area contributed by atoms with Crippen LogP contribution in [0.3, 0.4) is 0 Å². The summed E-state index contributed by atoms with van der Waals surface area (Å²) in [5.41, 5.74) is -0.270. The Labute approximate surface area is 104 Å². The quantitative estimate of drug-likeness (QED) is 0.712. The fourth-order valence-electron chi connectivity index (χ4n) is 3.55. The van der Waals surface area contributed by atoms with Gasteiger partial charge in [-0.2, -0.15) is 0 Å². The summed E-state index contributed by atoms with van der Waals surface area (Å²) in [4.78, 5) is 23.5. The van der Waals surface area contributed by atoms with Gasteiger partial charge in [-0.25, -0.2) is 4.79 Å². The van der Waals surface area contributed by atoms with Crippen LogP contribution in [0.4, 0.5) is 4.79 Å². The summed E-state index contributed by atoms with van der Waals surface area (Å²) < 4.78 is 10.5. The van der Waals surface area contributed by atoms with E-state index in [0.717, 1.165) is 19.3 Å². The van der Waals surface area contributed by atoms with Crippen molar-refractivity contribution in [1.82, 2.24) is 10.6 Å². The highest BCUT2D eigenvalue weighted by Crippen LogP contribution is 2.57. The van der Waals surface area contributed by atoms with Gasteiger partial charge in [-0.1, -0.05) is 0 Å². The predicted molar refractivity (Wildman–Crippen MR) is 59.7 cm³/mol. The minimum absolute atomic E-state index is 0.0438. The lowest BCUT2D eigenvalue weighted by Crippen LogP contribution is -2.46. The molecule has 98 valence electrons. The molecule has 4 aliphatic rings. The lowest BCUT2D eigenvalue weighted by molar-refractivity contribution is -0.128. The zero-order valence-corrected chi connectivity index (χ0v) is 9.98. The monoisotopic (exact) mass is 252 g/mol. The van der Waals surface area contributed by atoms with Crippen molar-refractivity contribution in [2.75, 3.05) is 13.2 Å². The van der Waals surface area contributed by atoms with Crippen molar-refractivity contribution < 1.29 is 19.1 Å². The second kappa shape index (κ2) is 3.38. The Bertz CT molecular complexity index is 426. The zero-order valence-electron chi connectivity index (χ0n) is 9.98. The third-order valence-electron chi connectivity index (χ3n) is 4.76. The number of hydrogen-bond donors (Lipinski definition) is 2. The minimum Gasteiger partial charge on any atom is -0.444 e. The Kier molecular flexibility index (Phi) is 1.99. The number of ether oxygens (including phenoxy) is 2. The number of alkyl carbamates (subject to hydrolysis) is 1. The predicted octanol–water partition coefficient (Wildman–Crippen LogP) is -0.222. The van der Waals surface area contributed by atoms with E-state index >= 15 is 0 Å². The van der Waals surface area contributed by atoms with E-state index in [1.54, 1.807) is 0 Å². The molecule has 6 nitrogen and oxygen atoms in total. The van der Waals surface area contributed by atoms with Crippen LogP contribution in [0.2, 0.25) is 0 Å². The zero-order chi connectivity index (χ0) is 12.3. The second-order valence-electron chi connectivity index (χ2n) is 5.91. The maximum Gasteiger partial charge on any atom is 0.407 e. The number of nitrogens with one attached hydrogen (secondary N) is 2. The van der Waals surface area contributed by atoms with Crippen LogP contribution < -0.4 is 10.6 Å². The molecule has 5 atom stereocenters. The van der Waals surface area contributed by atoms with Crippen molar-refractivity contribution >= 4 is 12.0 Å². The normalized spacial score (nSPS) is 48.1. The molecule has 0 aromatic carbocycles. The molecular formula is C12H16N2O4. The molecule has 0 aromatic rings. The lowest BCUT2D eigenvalue weighted by atomic mass is 10.0. The van der Waals surface area contributed by atoms with E-state index in [1.165, 1.54) is 0 Å². The van der Waals surface area contributed by atoms with Gasteiger partial charge in [-0.3, -0.25) is 4.79 Å². The molecule has 6 heteroatoms. The van der Waals surface area contributed by atoms with Crippen LogP contribution in [0.15, 0.2) is 0 Å². The third kappa shape index (κ3) is 1.38. The standard InChI is InChI=1S/C12H16N2O4/c15-10(12-3-6(12)4-17-5-12)14-8-1-7-2-9(8)18-11(16)13-7/h6-9H,1-5H2,(H,13,16)(H,14,15)/t6-,7+,8+,9+,12-/m0/s1. The number of hydrogen-bond acceptors (Lipinski definition) is 4. The van der Waals surface area contributed by atoms with Crippen LogP contribution in [0.5, 0.6) is 0 Å². The third-order valence-corrected chi connectivity index (χ3v) is 4.76. The average molecular weight is 252 g/mol. The van der Waals surface area contributed by atoms with Crippen molar-refractivity contribution in [2.24, 2.45) is 11.3 Å². The van der Waals surface area contributed by atoms with Gasteiger partial charge >= 0.3 is 6.09 Å². The van der Waals surface area contributed by atoms with Crippen LogP contribution in [-0.4, -0.2) is 43.4 Å². The van der Waals surface area contributed by atoms with E-state index in [9.17, 15) is 9.59 Å². The molecule has 18 heavy (non-hydrogen) atoms. The highest BCUT2D eigenvalue weighted by molar-refractivity contribution is 5.87. The molecule has 2 saturated heterocycles. The van der Waals surface area contributed by atoms with Gasteiger partial charge in [0.2, 0.25) is 5.91 Å². The summed E-state index contributed by atoms with van der Waals surface area (Å²) in [6.07, 6.45) is 1.98. The Morgan fingerprint density at radius 1 is 1.44 bits per heavy atom. The summed E-state index contributed by atoms with van der Waals surface area (Å²) in [6, 6.07) is 0.103. The molecular weight excluding hydrogens is 236 g/mol. The van der Waals surface area contributed by atoms with Gasteiger partial charge in [-0.15, -0.1) is 0 Å². The second-order valence-corrected chi connectivity index (χ2v) is 5.91. The SMILES string of the molecule is O=C1N[C@@H]2C[C@@H](NC(=O)[C@@]34COC[C@@H]3C4)[C@@H](C2)O1. The van der Waals surface area contributed by atoms with Crippen molar-refractivity contribution in [3.8, 4) is 0 Å². The van der Waals surface area contributed by atoms with Gasteiger partial charge < -0.3 is 20.1 Å². The molecule has 4 fully saturated rings. The number of carbonyl (C=O) groups excluding carboxylic acids is 2. The van der Waals surface area contributed by atoms with Crippen molar-refractivity contribution in [3.05, 3.63) is 0 Å². The fraction of sp³-hybridized carbons (Fsp3) is 0.833. The fourth-order valence-corrected chi connectivity index (χ4v) is 3.55. The first-order chi connectivity index (χ1) is 8.67. The topological polar surface area (TPSA) is 76.7 Å². The molecule has 2 bridgehead atoms. The van der Waals surface area contributed by atoms with Crippen LogP contribution in [0.1, 0.15) is 19.3 Å². The van der Waals surface area contributed by atoms with E-state index < -0.39 is 0 Å². The first-order valence-electron chi connectivity index (χ1n) is 6.53. The molecule has 2 heterocycles. The molecule has 0 unspecified atom stereocenters. The molecule has 2 amide bonds. The van der Waals surface area contributed by atoms with Gasteiger partial charge in [-0.05, 0) is 12.8 Å². The van der Waals surface area contributed by atoms with Crippen LogP contribution in [0, 0.1) is 11.3 Å². The highest BCUT2D eigenvalue weighted by Gasteiger charge is 2.64. The van der Waals surface area contributed by atoms with Gasteiger partial charge in [0.25, 0.3) is 0 Å². The number of carbonyl (C=O) groups is 2. The molecule has 4 rings (SSSR count). The Hall–Kier alpha value is -1.30. The summed E-state index contributed by atoms with van der Waals surface area (Å²) in [5, 5.41) is 5.82. The minimum atomic E-state index is -0.361. The number of amides is 2. The summed E-state index contributed by atoms with van der Waals surface area (Å²) in [5.74, 6) is 0.484. The first kappa shape index (κ1) is 10.6. The van der Waals surface area contributed by atoms with Gasteiger partial charge in [0.1, 0.15) is 6.10 Å². The molecule has 2 N–H and O–H groups in total. The van der Waals surface area contributed by atoms with Crippen LogP contribution in [-0.2, 0) is 14.3 Å². The number of fused-ring (bicyclic) bond motifs is 3. The van der Waals surface area contributed by atoms with E-state index in [0.29, 0.717) is 19.1 Å². The lowest BCUT2D eigenvalue weighted by Gasteiger charge is -2.24. The van der Waals surface area contributed by atoms with E-state index in [4.69, 9.17) is 9.47 Å². The van der Waals surface area contributed by atoms with Gasteiger partial charge in [0, 0.05) is 18.4 Å². The molecule has 2 aliphatic carbocycles. The van der Waals surface area contributed by atoms with E-state index in [1.807, 2.05) is 0 Å². The Morgan fingerprint density at radius 2 is 2.33 bits per heavy atom. The van der Waals surface area contributed by atoms with Crippen molar-refractivity contribution in [1.29, 1.82) is 0 Å². The molecule has 0 spiro atoms. The summed E-state index contributed by atoms with van der Waals surface area (Å²) in [6.45, 7) is 1.25. The molecule has 2 saturated carbocycles. The smallest absolute Gasteiger partial charge is 0.407 e. The van der Waals surface area contributed by atoms with Crippen LogP contribution in [0.25, 0.3) is 0 Å². The number of rotatable bonds is 2. The first-order valence-corrected chi connectivity index (χ1v) is 6.53. The summed E-state index contributed by atoms with van der Waals surface area (Å²) >= 11 is 0. The molecule has 0 aromatic heterocycles. The highest BCUT2D eigenvalue weighted by atomic mass is 16.6. The van der Waals surface area contributed by atoms with E-state index in [2.05, 4.69) is 10.6 Å². The Balaban J connectivity index is 1.43. The largest absolute Gasteiger partial charge is 0.444 e. The Morgan fingerprint density at radius 3 is 3.06 bits per heavy atom. The van der Waals surface area contributed by atoms with Crippen molar-refractivity contribution in [3.63, 3.8) is 0 Å². The molecule has 0 radical (unpaired) electrons.